The second-order valence-electron chi connectivity index (χ2n) is 4.80. The van der Waals surface area contributed by atoms with E-state index in [9.17, 15) is 9.50 Å². The highest BCUT2D eigenvalue weighted by Gasteiger charge is 2.14. The third-order valence-electron chi connectivity index (χ3n) is 3.32. The van der Waals surface area contributed by atoms with Crippen molar-refractivity contribution in [3.05, 3.63) is 69.5 Å². The lowest BCUT2D eigenvalue weighted by Gasteiger charge is -2.13. The second kappa shape index (κ2) is 5.72. The summed E-state index contributed by atoms with van der Waals surface area (Å²) >= 11 is 5.70. The molecule has 0 aromatic heterocycles. The van der Waals surface area contributed by atoms with E-state index in [1.165, 1.54) is 23.3 Å². The van der Waals surface area contributed by atoms with E-state index in [0.717, 1.165) is 5.56 Å². The predicted molar refractivity (Wildman–Crippen MR) is 76.0 cm³/mol. The lowest BCUT2D eigenvalue weighted by Crippen LogP contribution is -2.04. The zero-order valence-electron chi connectivity index (χ0n) is 11.0. The Labute approximate surface area is 117 Å². The van der Waals surface area contributed by atoms with Crippen LogP contribution in [0.3, 0.4) is 0 Å². The average Bonchev–Trinajstić information content (AvgIpc) is 2.33. The lowest BCUT2D eigenvalue weighted by molar-refractivity contribution is 0.173. The third kappa shape index (κ3) is 3.34. The summed E-state index contributed by atoms with van der Waals surface area (Å²) < 4.78 is 13.7. The molecule has 19 heavy (non-hydrogen) atoms. The fraction of sp³-hybridized carbons (Fsp3) is 0.250. The molecule has 0 saturated carbocycles. The first-order chi connectivity index (χ1) is 8.97. The van der Waals surface area contributed by atoms with Crippen LogP contribution in [0, 0.1) is 19.7 Å². The summed E-state index contributed by atoms with van der Waals surface area (Å²) in [5, 5.41) is 10.5. The largest absolute Gasteiger partial charge is 0.388 e. The van der Waals surface area contributed by atoms with Gasteiger partial charge < -0.3 is 5.11 Å². The molecule has 0 radical (unpaired) electrons. The van der Waals surface area contributed by atoms with E-state index in [1.807, 2.05) is 32.0 Å². The number of aliphatic hydroxyl groups excluding tert-OH is 1. The van der Waals surface area contributed by atoms with Crippen molar-refractivity contribution in [1.29, 1.82) is 0 Å². The first-order valence-electron chi connectivity index (χ1n) is 6.16. The van der Waals surface area contributed by atoms with Crippen LogP contribution in [0.25, 0.3) is 0 Å². The van der Waals surface area contributed by atoms with Crippen LogP contribution in [-0.4, -0.2) is 5.11 Å². The fourth-order valence-corrected chi connectivity index (χ4v) is 2.19. The van der Waals surface area contributed by atoms with Crippen molar-refractivity contribution in [2.75, 3.05) is 0 Å². The Bertz CT molecular complexity index is 595. The van der Waals surface area contributed by atoms with Crippen LogP contribution >= 0.6 is 11.6 Å². The van der Waals surface area contributed by atoms with Crippen LogP contribution in [0.4, 0.5) is 4.39 Å². The van der Waals surface area contributed by atoms with Gasteiger partial charge in [-0.25, -0.2) is 4.39 Å². The lowest BCUT2D eigenvalue weighted by atomic mass is 9.98. The van der Waals surface area contributed by atoms with Gasteiger partial charge in [-0.1, -0.05) is 35.9 Å². The average molecular weight is 279 g/mol. The van der Waals surface area contributed by atoms with Crippen molar-refractivity contribution in [3.63, 3.8) is 0 Å². The minimum Gasteiger partial charge on any atom is -0.388 e. The zero-order chi connectivity index (χ0) is 14.0. The van der Waals surface area contributed by atoms with Gasteiger partial charge in [-0.2, -0.15) is 0 Å². The first-order valence-corrected chi connectivity index (χ1v) is 6.54. The van der Waals surface area contributed by atoms with E-state index in [0.29, 0.717) is 11.4 Å². The SMILES string of the molecule is Cc1ccc(CC(O)c2ccc(Cl)cc2F)cc1C. The molecule has 2 rings (SSSR count). The molecular formula is C16H16ClFO. The molecular weight excluding hydrogens is 263 g/mol. The maximum absolute atomic E-state index is 13.7. The first kappa shape index (κ1) is 14.0. The Kier molecular flexibility index (Phi) is 4.23. The smallest absolute Gasteiger partial charge is 0.130 e. The van der Waals surface area contributed by atoms with E-state index in [2.05, 4.69) is 0 Å². The van der Waals surface area contributed by atoms with Crippen molar-refractivity contribution < 1.29 is 9.50 Å². The van der Waals surface area contributed by atoms with E-state index in [1.54, 1.807) is 6.07 Å². The normalized spacial score (nSPS) is 12.5. The Morgan fingerprint density at radius 3 is 2.47 bits per heavy atom. The third-order valence-corrected chi connectivity index (χ3v) is 3.56. The molecule has 0 saturated heterocycles. The number of rotatable bonds is 3. The summed E-state index contributed by atoms with van der Waals surface area (Å²) in [6.07, 6.45) is -0.473. The van der Waals surface area contributed by atoms with Gasteiger partial charge in [-0.05, 0) is 42.7 Å². The Balaban J connectivity index is 2.20. The molecule has 0 bridgehead atoms. The molecule has 0 amide bonds. The molecule has 100 valence electrons. The number of benzene rings is 2. The molecule has 0 fully saturated rings. The minimum absolute atomic E-state index is 0.280. The highest BCUT2D eigenvalue weighted by molar-refractivity contribution is 6.30. The molecule has 1 nitrogen and oxygen atoms in total. The van der Waals surface area contributed by atoms with Gasteiger partial charge >= 0.3 is 0 Å². The van der Waals surface area contributed by atoms with E-state index in [4.69, 9.17) is 11.6 Å². The van der Waals surface area contributed by atoms with Gasteiger partial charge in [0, 0.05) is 17.0 Å². The zero-order valence-corrected chi connectivity index (χ0v) is 11.7. The molecule has 0 aliphatic heterocycles. The monoisotopic (exact) mass is 278 g/mol. The molecule has 1 N–H and O–H groups in total. The van der Waals surface area contributed by atoms with Gasteiger partial charge in [-0.3, -0.25) is 0 Å². The van der Waals surface area contributed by atoms with Crippen LogP contribution in [0.1, 0.15) is 28.4 Å². The van der Waals surface area contributed by atoms with Crippen molar-refractivity contribution in [2.45, 2.75) is 26.4 Å². The number of halogens is 2. The van der Waals surface area contributed by atoms with E-state index < -0.39 is 11.9 Å². The van der Waals surface area contributed by atoms with E-state index >= 15 is 0 Å². The summed E-state index contributed by atoms with van der Waals surface area (Å²) in [6.45, 7) is 4.06. The van der Waals surface area contributed by atoms with Crippen molar-refractivity contribution >= 4 is 11.6 Å². The minimum atomic E-state index is -0.862. The van der Waals surface area contributed by atoms with Crippen molar-refractivity contribution in [3.8, 4) is 0 Å². The van der Waals surface area contributed by atoms with Gasteiger partial charge in [0.15, 0.2) is 0 Å². The van der Waals surface area contributed by atoms with Gasteiger partial charge in [0.1, 0.15) is 5.82 Å². The van der Waals surface area contributed by atoms with Gasteiger partial charge in [0.05, 0.1) is 6.10 Å². The molecule has 1 unspecified atom stereocenters. The van der Waals surface area contributed by atoms with Crippen molar-refractivity contribution in [1.82, 2.24) is 0 Å². The fourth-order valence-electron chi connectivity index (χ4n) is 2.04. The highest BCUT2D eigenvalue weighted by atomic mass is 35.5. The topological polar surface area (TPSA) is 20.2 Å². The molecule has 3 heteroatoms. The number of hydrogen-bond donors (Lipinski definition) is 1. The maximum Gasteiger partial charge on any atom is 0.130 e. The molecule has 0 aliphatic rings. The standard InChI is InChI=1S/C16H16ClFO/c1-10-3-4-12(7-11(10)2)8-16(19)14-6-5-13(17)9-15(14)18/h3-7,9,16,19H,8H2,1-2H3. The molecule has 2 aromatic carbocycles. The summed E-state index contributed by atoms with van der Waals surface area (Å²) in [5.41, 5.74) is 3.64. The van der Waals surface area contributed by atoms with Crippen LogP contribution < -0.4 is 0 Å². The van der Waals surface area contributed by atoms with Crippen LogP contribution in [-0.2, 0) is 6.42 Å². The Hall–Kier alpha value is -1.38. The summed E-state index contributed by atoms with van der Waals surface area (Å²) in [7, 11) is 0. The van der Waals surface area contributed by atoms with Gasteiger partial charge in [0.2, 0.25) is 0 Å². The number of hydrogen-bond acceptors (Lipinski definition) is 1. The van der Waals surface area contributed by atoms with Gasteiger partial charge in [-0.15, -0.1) is 0 Å². The number of aryl methyl sites for hydroxylation is 2. The highest BCUT2D eigenvalue weighted by Crippen LogP contribution is 2.24. The van der Waals surface area contributed by atoms with Crippen LogP contribution in [0.5, 0.6) is 0 Å². The maximum atomic E-state index is 13.7. The molecule has 0 spiro atoms. The van der Waals surface area contributed by atoms with Crippen LogP contribution in [0.2, 0.25) is 5.02 Å². The summed E-state index contributed by atoms with van der Waals surface area (Å²) in [4.78, 5) is 0. The van der Waals surface area contributed by atoms with Crippen LogP contribution in [0.15, 0.2) is 36.4 Å². The van der Waals surface area contributed by atoms with E-state index in [-0.39, 0.29) is 5.56 Å². The number of aliphatic hydroxyl groups is 1. The van der Waals surface area contributed by atoms with Gasteiger partial charge in [0.25, 0.3) is 0 Å². The Morgan fingerprint density at radius 1 is 1.11 bits per heavy atom. The summed E-state index contributed by atoms with van der Waals surface area (Å²) in [5.74, 6) is -0.469. The molecule has 0 aliphatic carbocycles. The molecule has 0 heterocycles. The summed E-state index contributed by atoms with van der Waals surface area (Å²) in [6, 6.07) is 10.3. The Morgan fingerprint density at radius 2 is 1.84 bits per heavy atom. The molecule has 2 aromatic rings. The molecule has 1 atom stereocenters. The second-order valence-corrected chi connectivity index (χ2v) is 5.24. The quantitative estimate of drug-likeness (QED) is 0.884. The van der Waals surface area contributed by atoms with Crippen molar-refractivity contribution in [2.24, 2.45) is 0 Å². The predicted octanol–water partition coefficient (Wildman–Crippen LogP) is 4.37.